The van der Waals surface area contributed by atoms with Gasteiger partial charge in [0.05, 0.1) is 10.9 Å². The van der Waals surface area contributed by atoms with Crippen molar-refractivity contribution in [3.05, 3.63) is 95.7 Å². The van der Waals surface area contributed by atoms with Gasteiger partial charge in [0.1, 0.15) is 5.70 Å². The number of aliphatic imine (C=N–C) groups is 1. The Morgan fingerprint density at radius 3 is 2.17 bits per heavy atom. The first-order valence-corrected chi connectivity index (χ1v) is 12.3. The van der Waals surface area contributed by atoms with E-state index in [1.54, 1.807) is 42.2 Å². The molecule has 0 aromatic heterocycles. The molecule has 2 N–H and O–H groups in total. The summed E-state index contributed by atoms with van der Waals surface area (Å²) in [5.74, 6) is -0.637. The van der Waals surface area contributed by atoms with Crippen LogP contribution in [0.2, 0.25) is 0 Å². The highest BCUT2D eigenvalue weighted by atomic mass is 32.2. The minimum atomic E-state index is -0.532. The third-order valence-electron chi connectivity index (χ3n) is 5.45. The number of hydrogen-bond donors (Lipinski definition) is 2. The largest absolute Gasteiger partial charge is 0.326 e. The number of nitrogens with one attached hydrogen (secondary N) is 2. The lowest BCUT2D eigenvalue weighted by Gasteiger charge is -2.20. The first kappa shape index (κ1) is 24.9. The van der Waals surface area contributed by atoms with Gasteiger partial charge in [-0.2, -0.15) is 0 Å². The lowest BCUT2D eigenvalue weighted by Crippen LogP contribution is -2.33. The number of amides is 3. The molecule has 182 valence electrons. The Balaban J connectivity index is 1.55. The van der Waals surface area contributed by atoms with E-state index in [2.05, 4.69) is 15.6 Å². The van der Waals surface area contributed by atoms with Gasteiger partial charge in [0.2, 0.25) is 11.8 Å². The Labute approximate surface area is 214 Å². The summed E-state index contributed by atoms with van der Waals surface area (Å²) in [4.78, 5) is 43.7. The number of aryl methyl sites for hydroxylation is 1. The van der Waals surface area contributed by atoms with E-state index < -0.39 is 5.25 Å². The normalized spacial score (nSPS) is 15.0. The maximum Gasteiger partial charge on any atom is 0.283 e. The van der Waals surface area contributed by atoms with Crippen LogP contribution in [0.15, 0.2) is 89.6 Å². The summed E-state index contributed by atoms with van der Waals surface area (Å²) in [6, 6.07) is 23.9. The molecule has 3 aromatic carbocycles. The van der Waals surface area contributed by atoms with E-state index >= 15 is 0 Å². The topological polar surface area (TPSA) is 90.9 Å². The van der Waals surface area contributed by atoms with E-state index in [1.165, 1.54) is 18.7 Å². The maximum atomic E-state index is 13.4. The lowest BCUT2D eigenvalue weighted by atomic mass is 10.1. The van der Waals surface area contributed by atoms with Crippen molar-refractivity contribution < 1.29 is 14.4 Å². The summed E-state index contributed by atoms with van der Waals surface area (Å²) in [6.45, 7) is 5.19. The molecule has 4 rings (SSSR count). The molecule has 7 nitrogen and oxygen atoms in total. The second-order valence-corrected chi connectivity index (χ2v) is 9.57. The average Bonchev–Trinajstić information content (AvgIpc) is 3.16. The number of thioether (sulfide) groups is 1. The molecule has 1 heterocycles. The van der Waals surface area contributed by atoms with Crippen molar-refractivity contribution in [1.82, 2.24) is 0 Å². The van der Waals surface area contributed by atoms with Crippen LogP contribution in [-0.4, -0.2) is 28.1 Å². The van der Waals surface area contributed by atoms with Gasteiger partial charge in [0.15, 0.2) is 5.17 Å². The molecule has 1 aliphatic rings. The maximum absolute atomic E-state index is 13.4. The minimum absolute atomic E-state index is 0.164. The number of carbonyl (C=O) groups is 3. The van der Waals surface area contributed by atoms with Gasteiger partial charge in [-0.15, -0.1) is 0 Å². The molecule has 0 radical (unpaired) electrons. The number of benzene rings is 3. The summed E-state index contributed by atoms with van der Waals surface area (Å²) in [5.41, 5.74) is 4.20. The van der Waals surface area contributed by atoms with Crippen molar-refractivity contribution in [3.8, 4) is 0 Å². The first-order valence-electron chi connectivity index (χ1n) is 11.4. The van der Waals surface area contributed by atoms with Crippen LogP contribution in [0, 0.1) is 6.92 Å². The third kappa shape index (κ3) is 5.90. The molecule has 0 saturated carbocycles. The number of rotatable bonds is 6. The fourth-order valence-electron chi connectivity index (χ4n) is 3.57. The molecule has 0 saturated heterocycles. The molecule has 0 spiro atoms. The predicted octanol–water partition coefficient (Wildman–Crippen LogP) is 5.46. The minimum Gasteiger partial charge on any atom is -0.326 e. The molecule has 1 atom stereocenters. The standard InChI is InChI=1S/C28H26N4O3S/c1-18-9-7-8-10-21(18)17-25-27(35)32(24-11-5-4-6-12-24)28(31-25)36-19(2)26(34)30-23-15-13-22(14-16-23)29-20(3)33/h4-17,19H,1-3H3,(H,29,33)(H,30,34)/b25-17+. The Bertz CT molecular complexity index is 1350. The highest BCUT2D eigenvalue weighted by Gasteiger charge is 2.34. The van der Waals surface area contributed by atoms with Gasteiger partial charge in [0, 0.05) is 18.3 Å². The molecule has 3 aromatic rings. The SMILES string of the molecule is CC(=O)Nc1ccc(NC(=O)C(C)SC2=N/C(=C/c3ccccc3C)C(=O)N2c2ccccc2)cc1. The molecule has 0 fully saturated rings. The van der Waals surface area contributed by atoms with Crippen LogP contribution < -0.4 is 15.5 Å². The lowest BCUT2D eigenvalue weighted by molar-refractivity contribution is -0.116. The van der Waals surface area contributed by atoms with Crippen LogP contribution in [0.25, 0.3) is 6.08 Å². The Morgan fingerprint density at radius 1 is 0.917 bits per heavy atom. The molecule has 3 amide bonds. The van der Waals surface area contributed by atoms with E-state index in [4.69, 9.17) is 0 Å². The van der Waals surface area contributed by atoms with Gasteiger partial charge in [0.25, 0.3) is 5.91 Å². The summed E-state index contributed by atoms with van der Waals surface area (Å²) in [6.07, 6.45) is 1.78. The molecule has 1 aliphatic heterocycles. The van der Waals surface area contributed by atoms with E-state index in [9.17, 15) is 14.4 Å². The number of para-hydroxylation sites is 1. The van der Waals surface area contributed by atoms with Crippen molar-refractivity contribution in [2.45, 2.75) is 26.0 Å². The highest BCUT2D eigenvalue weighted by Crippen LogP contribution is 2.31. The van der Waals surface area contributed by atoms with Gasteiger partial charge in [-0.1, -0.05) is 54.2 Å². The smallest absolute Gasteiger partial charge is 0.283 e. The Hall–Kier alpha value is -4.17. The van der Waals surface area contributed by atoms with Crippen molar-refractivity contribution in [2.75, 3.05) is 15.5 Å². The van der Waals surface area contributed by atoms with Crippen LogP contribution in [0.1, 0.15) is 25.0 Å². The van der Waals surface area contributed by atoms with Gasteiger partial charge in [-0.25, -0.2) is 4.99 Å². The van der Waals surface area contributed by atoms with E-state index in [1.807, 2.05) is 61.5 Å². The summed E-state index contributed by atoms with van der Waals surface area (Å²) in [5, 5.41) is 5.47. The van der Waals surface area contributed by atoms with Crippen LogP contribution in [0.4, 0.5) is 17.1 Å². The quantitative estimate of drug-likeness (QED) is 0.442. The highest BCUT2D eigenvalue weighted by molar-refractivity contribution is 8.15. The molecule has 0 aliphatic carbocycles. The molecular weight excluding hydrogens is 472 g/mol. The second kappa shape index (κ2) is 11.0. The molecule has 0 bridgehead atoms. The van der Waals surface area contributed by atoms with Crippen LogP contribution in [0.5, 0.6) is 0 Å². The van der Waals surface area contributed by atoms with Gasteiger partial charge in [-0.3, -0.25) is 19.3 Å². The molecule has 1 unspecified atom stereocenters. The molecule has 8 heteroatoms. The number of amidine groups is 1. The fourth-order valence-corrected chi connectivity index (χ4v) is 4.50. The van der Waals surface area contributed by atoms with E-state index in [-0.39, 0.29) is 17.7 Å². The van der Waals surface area contributed by atoms with Crippen molar-refractivity contribution in [2.24, 2.45) is 4.99 Å². The van der Waals surface area contributed by atoms with Crippen LogP contribution in [0.3, 0.4) is 0 Å². The summed E-state index contributed by atoms with van der Waals surface area (Å²) >= 11 is 1.22. The van der Waals surface area contributed by atoms with Gasteiger partial charge < -0.3 is 10.6 Å². The van der Waals surface area contributed by atoms with Crippen LogP contribution in [-0.2, 0) is 14.4 Å². The first-order chi connectivity index (χ1) is 17.3. The van der Waals surface area contributed by atoms with Crippen molar-refractivity contribution in [3.63, 3.8) is 0 Å². The van der Waals surface area contributed by atoms with E-state index in [0.29, 0.717) is 27.9 Å². The number of carbonyl (C=O) groups excluding carboxylic acids is 3. The number of hydrogen-bond acceptors (Lipinski definition) is 5. The van der Waals surface area contributed by atoms with Crippen molar-refractivity contribution >= 4 is 57.8 Å². The zero-order chi connectivity index (χ0) is 25.7. The Kier molecular flexibility index (Phi) is 7.65. The van der Waals surface area contributed by atoms with Gasteiger partial charge >= 0.3 is 0 Å². The molecule has 36 heavy (non-hydrogen) atoms. The zero-order valence-corrected chi connectivity index (χ0v) is 21.0. The zero-order valence-electron chi connectivity index (χ0n) is 20.2. The summed E-state index contributed by atoms with van der Waals surface area (Å²) < 4.78 is 0. The number of nitrogens with zero attached hydrogens (tertiary/aromatic N) is 2. The predicted molar refractivity (Wildman–Crippen MR) is 147 cm³/mol. The third-order valence-corrected chi connectivity index (χ3v) is 6.50. The monoisotopic (exact) mass is 498 g/mol. The Morgan fingerprint density at radius 2 is 1.53 bits per heavy atom. The summed E-state index contributed by atoms with van der Waals surface area (Å²) in [7, 11) is 0. The number of anilines is 3. The average molecular weight is 499 g/mol. The fraction of sp³-hybridized carbons (Fsp3) is 0.143. The van der Waals surface area contributed by atoms with Crippen LogP contribution >= 0.6 is 11.8 Å². The van der Waals surface area contributed by atoms with Gasteiger partial charge in [-0.05, 0) is 67.4 Å². The van der Waals surface area contributed by atoms with E-state index in [0.717, 1.165) is 11.1 Å². The molecular formula is C28H26N4O3S. The van der Waals surface area contributed by atoms with Crippen molar-refractivity contribution in [1.29, 1.82) is 0 Å². The second-order valence-electron chi connectivity index (χ2n) is 8.26.